The number of carboxylic acids is 1. The molecule has 3 atom stereocenters. The van der Waals surface area contributed by atoms with E-state index >= 15 is 0 Å². The Kier molecular flexibility index (Phi) is 10.2. The van der Waals surface area contributed by atoms with Gasteiger partial charge in [-0.15, -0.1) is 0 Å². The van der Waals surface area contributed by atoms with Crippen molar-refractivity contribution in [3.63, 3.8) is 0 Å². The van der Waals surface area contributed by atoms with E-state index in [4.69, 9.17) is 5.11 Å². The number of carbonyl (C=O) groups is 3. The first-order valence-electron chi connectivity index (χ1n) is 11.2. The van der Waals surface area contributed by atoms with Crippen LogP contribution in [-0.4, -0.2) is 84.5 Å². The minimum atomic E-state index is -1.01. The average molecular weight is 439 g/mol. The van der Waals surface area contributed by atoms with Crippen LogP contribution >= 0.6 is 0 Å². The number of carboxylic acid groups (broad SMARTS) is 1. The molecule has 3 unspecified atom stereocenters. The van der Waals surface area contributed by atoms with Gasteiger partial charge in [-0.25, -0.2) is 4.79 Å². The number of nitrogens with one attached hydrogen (secondary N) is 2. The van der Waals surface area contributed by atoms with Crippen molar-refractivity contribution in [2.75, 3.05) is 33.7 Å². The molecule has 1 saturated heterocycles. The zero-order chi connectivity index (χ0) is 23.9. The molecule has 0 bridgehead atoms. The monoisotopic (exact) mass is 438 g/mol. The number of amides is 2. The Balaban J connectivity index is 2.94. The number of carbonyl (C=O) groups excluding carboxylic acids is 2. The van der Waals surface area contributed by atoms with Gasteiger partial charge in [0.05, 0.1) is 6.04 Å². The third-order valence-electron chi connectivity index (χ3n) is 6.07. The van der Waals surface area contributed by atoms with E-state index in [1.54, 1.807) is 14.1 Å². The second-order valence-electron chi connectivity index (χ2n) is 9.98. The third kappa shape index (κ3) is 7.92. The van der Waals surface area contributed by atoms with Crippen LogP contribution < -0.4 is 10.6 Å². The Morgan fingerprint density at radius 3 is 2.35 bits per heavy atom. The molecule has 8 nitrogen and oxygen atoms in total. The molecule has 31 heavy (non-hydrogen) atoms. The topological polar surface area (TPSA) is 102 Å². The quantitative estimate of drug-likeness (QED) is 0.474. The highest BCUT2D eigenvalue weighted by Crippen LogP contribution is 2.24. The van der Waals surface area contributed by atoms with Gasteiger partial charge < -0.3 is 25.5 Å². The summed E-state index contributed by atoms with van der Waals surface area (Å²) in [5.74, 6) is -1.24. The van der Waals surface area contributed by atoms with E-state index < -0.39 is 17.4 Å². The fraction of sp³-hybridized carbons (Fsp3) is 0.783. The Morgan fingerprint density at radius 1 is 1.26 bits per heavy atom. The molecule has 1 aliphatic heterocycles. The van der Waals surface area contributed by atoms with Gasteiger partial charge in [-0.2, -0.15) is 0 Å². The van der Waals surface area contributed by atoms with Crippen LogP contribution in [0.25, 0.3) is 0 Å². The molecular formula is C23H42N4O4. The Bertz CT molecular complexity index is 669. The lowest BCUT2D eigenvalue weighted by Gasteiger charge is -2.39. The summed E-state index contributed by atoms with van der Waals surface area (Å²) in [6, 6.07) is -0.661. The average Bonchev–Trinajstić information content (AvgIpc) is 2.69. The molecule has 0 radical (unpaired) electrons. The highest BCUT2D eigenvalue weighted by atomic mass is 16.4. The van der Waals surface area contributed by atoms with Crippen LogP contribution in [0.1, 0.15) is 54.4 Å². The van der Waals surface area contributed by atoms with Crippen molar-refractivity contribution in [3.8, 4) is 0 Å². The molecule has 178 valence electrons. The maximum absolute atomic E-state index is 13.2. The van der Waals surface area contributed by atoms with Crippen LogP contribution in [0.3, 0.4) is 0 Å². The lowest BCUT2D eigenvalue weighted by Crippen LogP contribution is -2.60. The molecule has 3 N–H and O–H groups in total. The summed E-state index contributed by atoms with van der Waals surface area (Å²) in [6.45, 7) is 13.6. The van der Waals surface area contributed by atoms with Gasteiger partial charge in [0, 0.05) is 31.8 Å². The maximum atomic E-state index is 13.2. The lowest BCUT2D eigenvalue weighted by molar-refractivity contribution is -0.139. The Hall–Kier alpha value is -1.93. The first kappa shape index (κ1) is 27.1. The predicted molar refractivity (Wildman–Crippen MR) is 123 cm³/mol. The van der Waals surface area contributed by atoms with Gasteiger partial charge in [0.15, 0.2) is 0 Å². The van der Waals surface area contributed by atoms with Crippen LogP contribution in [0.2, 0.25) is 0 Å². The van der Waals surface area contributed by atoms with Crippen molar-refractivity contribution in [3.05, 3.63) is 11.6 Å². The van der Waals surface area contributed by atoms with Crippen molar-refractivity contribution in [1.29, 1.82) is 0 Å². The standard InChI is InChI=1S/C23H42N4O4/c1-15(2)27-12-9-10-17(14-27)18(24-7)20(28)25-19(23(4,5)6)21(29)26(8)13-11-16(3)22(30)31/h11,15,17-19,24H,9-10,12-14H2,1-8H3,(H,25,28)(H,30,31)/b16-11+. The summed E-state index contributed by atoms with van der Waals surface area (Å²) in [4.78, 5) is 41.2. The SMILES string of the molecule is CNC(C(=O)NC(C(=O)N(C)C/C=C(\C)C(=O)O)C(C)(C)C)C1CCCN(C(C)C)C1. The molecule has 0 aromatic carbocycles. The molecule has 1 aliphatic rings. The van der Waals surface area contributed by atoms with Crippen molar-refractivity contribution in [2.24, 2.45) is 11.3 Å². The van der Waals surface area contributed by atoms with Crippen LogP contribution in [0, 0.1) is 11.3 Å². The molecule has 2 amide bonds. The number of hydrogen-bond donors (Lipinski definition) is 3. The normalized spacial score (nSPS) is 20.3. The number of hydrogen-bond acceptors (Lipinski definition) is 5. The van der Waals surface area contributed by atoms with E-state index in [2.05, 4.69) is 29.4 Å². The van der Waals surface area contributed by atoms with Crippen LogP contribution in [0.4, 0.5) is 0 Å². The highest BCUT2D eigenvalue weighted by molar-refractivity contribution is 5.90. The molecule has 0 aromatic heterocycles. The number of likely N-dealkylation sites (tertiary alicyclic amines) is 1. The number of likely N-dealkylation sites (N-methyl/N-ethyl adjacent to an activating group) is 2. The molecule has 0 spiro atoms. The zero-order valence-electron chi connectivity index (χ0n) is 20.5. The van der Waals surface area contributed by atoms with Crippen LogP contribution in [0.15, 0.2) is 11.6 Å². The summed E-state index contributed by atoms with van der Waals surface area (Å²) in [5, 5.41) is 15.2. The van der Waals surface area contributed by atoms with Gasteiger partial charge >= 0.3 is 5.97 Å². The first-order valence-corrected chi connectivity index (χ1v) is 11.2. The van der Waals surface area contributed by atoms with Crippen molar-refractivity contribution in [1.82, 2.24) is 20.4 Å². The van der Waals surface area contributed by atoms with E-state index in [1.165, 1.54) is 17.9 Å². The van der Waals surface area contributed by atoms with E-state index in [9.17, 15) is 14.4 Å². The van der Waals surface area contributed by atoms with E-state index in [0.717, 1.165) is 25.9 Å². The van der Waals surface area contributed by atoms with Crippen molar-refractivity contribution < 1.29 is 19.5 Å². The summed E-state index contributed by atoms with van der Waals surface area (Å²) >= 11 is 0. The fourth-order valence-corrected chi connectivity index (χ4v) is 3.91. The molecule has 8 heteroatoms. The first-order chi connectivity index (χ1) is 14.3. The second kappa shape index (κ2) is 11.6. The van der Waals surface area contributed by atoms with Crippen molar-refractivity contribution in [2.45, 2.75) is 72.5 Å². The van der Waals surface area contributed by atoms with E-state index in [-0.39, 0.29) is 35.9 Å². The van der Waals surface area contributed by atoms with Gasteiger partial charge in [0.2, 0.25) is 11.8 Å². The minimum Gasteiger partial charge on any atom is -0.478 e. The molecule has 1 rings (SSSR count). The third-order valence-corrected chi connectivity index (χ3v) is 6.07. The fourth-order valence-electron chi connectivity index (χ4n) is 3.91. The zero-order valence-corrected chi connectivity index (χ0v) is 20.5. The van der Waals surface area contributed by atoms with Gasteiger partial charge in [-0.1, -0.05) is 26.8 Å². The largest absolute Gasteiger partial charge is 0.478 e. The van der Waals surface area contributed by atoms with E-state index in [0.29, 0.717) is 6.04 Å². The Labute approximate surface area is 187 Å². The molecule has 0 saturated carbocycles. The van der Waals surface area contributed by atoms with Crippen molar-refractivity contribution >= 4 is 17.8 Å². The number of rotatable bonds is 9. The van der Waals surface area contributed by atoms with E-state index in [1.807, 2.05) is 20.8 Å². The summed E-state index contributed by atoms with van der Waals surface area (Å²) in [7, 11) is 3.41. The number of nitrogens with zero attached hydrogens (tertiary/aromatic N) is 2. The van der Waals surface area contributed by atoms with Crippen LogP contribution in [-0.2, 0) is 14.4 Å². The predicted octanol–water partition coefficient (Wildman–Crippen LogP) is 1.72. The molecule has 0 aliphatic carbocycles. The van der Waals surface area contributed by atoms with Crippen LogP contribution in [0.5, 0.6) is 0 Å². The molecular weight excluding hydrogens is 396 g/mol. The summed E-state index contributed by atoms with van der Waals surface area (Å²) < 4.78 is 0. The molecule has 0 aromatic rings. The van der Waals surface area contributed by atoms with Gasteiger partial charge in [-0.05, 0) is 58.5 Å². The summed E-state index contributed by atoms with van der Waals surface area (Å²) in [5.41, 5.74) is -0.320. The maximum Gasteiger partial charge on any atom is 0.331 e. The van der Waals surface area contributed by atoms with Gasteiger partial charge in [-0.3, -0.25) is 9.59 Å². The molecule has 1 heterocycles. The van der Waals surface area contributed by atoms with Gasteiger partial charge in [0.1, 0.15) is 6.04 Å². The lowest BCUT2D eigenvalue weighted by atomic mass is 9.84. The smallest absolute Gasteiger partial charge is 0.331 e. The number of piperidine rings is 1. The summed E-state index contributed by atoms with van der Waals surface area (Å²) in [6.07, 6.45) is 3.52. The second-order valence-corrected chi connectivity index (χ2v) is 9.98. The minimum absolute atomic E-state index is 0.168. The molecule has 1 fully saturated rings. The highest BCUT2D eigenvalue weighted by Gasteiger charge is 2.38. The van der Waals surface area contributed by atoms with Gasteiger partial charge in [0.25, 0.3) is 0 Å². The Morgan fingerprint density at radius 2 is 1.87 bits per heavy atom. The number of aliphatic carboxylic acids is 1.